The smallest absolute Gasteiger partial charge is 0.169 e. The van der Waals surface area contributed by atoms with E-state index in [1.54, 1.807) is 14.2 Å². The first-order valence-corrected chi connectivity index (χ1v) is 9.03. The van der Waals surface area contributed by atoms with E-state index in [4.69, 9.17) is 19.5 Å². The quantitative estimate of drug-likeness (QED) is 0.731. The number of amidine groups is 2. The van der Waals surface area contributed by atoms with Crippen LogP contribution in [0.25, 0.3) is 0 Å². The van der Waals surface area contributed by atoms with Gasteiger partial charge < -0.3 is 14.8 Å². The zero-order chi connectivity index (χ0) is 19.3. The van der Waals surface area contributed by atoms with Crippen molar-refractivity contribution in [3.8, 4) is 11.5 Å². The van der Waals surface area contributed by atoms with Crippen molar-refractivity contribution in [2.45, 2.75) is 6.17 Å². The zero-order valence-electron chi connectivity index (χ0n) is 15.8. The molecule has 0 saturated heterocycles. The molecule has 1 aliphatic heterocycles. The van der Waals surface area contributed by atoms with Gasteiger partial charge in [0.1, 0.15) is 23.2 Å². The van der Waals surface area contributed by atoms with Crippen molar-refractivity contribution in [3.63, 3.8) is 0 Å². The van der Waals surface area contributed by atoms with Crippen LogP contribution in [0, 0.1) is 0 Å². The van der Waals surface area contributed by atoms with Crippen molar-refractivity contribution in [1.29, 1.82) is 0 Å². The average molecular weight is 371 g/mol. The number of ether oxygens (including phenoxy) is 2. The van der Waals surface area contributed by atoms with Crippen LogP contribution in [0.3, 0.4) is 0 Å². The molecule has 5 nitrogen and oxygen atoms in total. The molecule has 0 atom stereocenters. The van der Waals surface area contributed by atoms with Crippen LogP contribution in [-0.2, 0) is 0 Å². The van der Waals surface area contributed by atoms with Gasteiger partial charge in [-0.15, -0.1) is 0 Å². The van der Waals surface area contributed by atoms with Gasteiger partial charge in [0.2, 0.25) is 0 Å². The van der Waals surface area contributed by atoms with Crippen molar-refractivity contribution in [2.24, 2.45) is 9.98 Å². The summed E-state index contributed by atoms with van der Waals surface area (Å²) in [6.45, 7) is 0. The van der Waals surface area contributed by atoms with E-state index < -0.39 is 0 Å². The molecule has 1 N–H and O–H groups in total. The zero-order valence-corrected chi connectivity index (χ0v) is 15.8. The van der Waals surface area contributed by atoms with Gasteiger partial charge in [-0.2, -0.15) is 0 Å². The fourth-order valence-corrected chi connectivity index (χ4v) is 3.02. The van der Waals surface area contributed by atoms with Crippen molar-refractivity contribution < 1.29 is 9.47 Å². The molecule has 3 aromatic rings. The molecule has 0 unspecified atom stereocenters. The number of nitrogens with one attached hydrogen (secondary N) is 1. The van der Waals surface area contributed by atoms with Crippen molar-refractivity contribution in [2.75, 3.05) is 14.2 Å². The fraction of sp³-hybridized carbons (Fsp3) is 0.130. The molecule has 0 aromatic heterocycles. The summed E-state index contributed by atoms with van der Waals surface area (Å²) >= 11 is 0. The maximum atomic E-state index is 5.26. The molecule has 0 fully saturated rings. The van der Waals surface area contributed by atoms with Gasteiger partial charge in [0, 0.05) is 11.1 Å². The Labute approximate surface area is 164 Å². The molecular formula is C23H21N3O2. The first-order valence-electron chi connectivity index (χ1n) is 9.03. The highest BCUT2D eigenvalue weighted by atomic mass is 16.5. The molecule has 0 amide bonds. The van der Waals surface area contributed by atoms with E-state index in [2.05, 4.69) is 5.32 Å². The highest BCUT2D eigenvalue weighted by Crippen LogP contribution is 2.25. The Kier molecular flexibility index (Phi) is 5.06. The van der Waals surface area contributed by atoms with Crippen LogP contribution in [-0.4, -0.2) is 25.9 Å². The molecule has 1 heterocycles. The van der Waals surface area contributed by atoms with E-state index in [1.807, 2.05) is 78.9 Å². The summed E-state index contributed by atoms with van der Waals surface area (Å²) in [5.41, 5.74) is 2.99. The van der Waals surface area contributed by atoms with E-state index in [0.717, 1.165) is 39.9 Å². The number of hydrogen-bond acceptors (Lipinski definition) is 5. The predicted molar refractivity (Wildman–Crippen MR) is 111 cm³/mol. The summed E-state index contributed by atoms with van der Waals surface area (Å²) in [4.78, 5) is 9.68. The molecular weight excluding hydrogens is 350 g/mol. The lowest BCUT2D eigenvalue weighted by molar-refractivity contribution is 0.414. The van der Waals surface area contributed by atoms with Crippen LogP contribution in [0.1, 0.15) is 22.9 Å². The molecule has 5 heteroatoms. The van der Waals surface area contributed by atoms with Gasteiger partial charge in [0.05, 0.1) is 14.2 Å². The van der Waals surface area contributed by atoms with E-state index in [0.29, 0.717) is 0 Å². The Morgan fingerprint density at radius 1 is 0.643 bits per heavy atom. The molecule has 140 valence electrons. The molecule has 4 rings (SSSR count). The third kappa shape index (κ3) is 3.74. The Balaban J connectivity index is 1.73. The standard InChI is InChI=1S/C23H21N3O2/c1-27-19-12-8-17(9-13-19)22-24-21(16-6-4-3-5-7-16)25-23(26-22)18-10-14-20(28-2)15-11-18/h3-15,21H,1-2H3,(H,24,25,26). The summed E-state index contributed by atoms with van der Waals surface area (Å²) in [7, 11) is 3.32. The van der Waals surface area contributed by atoms with E-state index in [-0.39, 0.29) is 6.17 Å². The average Bonchev–Trinajstić information content (AvgIpc) is 2.79. The molecule has 0 radical (unpaired) electrons. The lowest BCUT2D eigenvalue weighted by Gasteiger charge is -2.22. The van der Waals surface area contributed by atoms with Crippen LogP contribution in [0.4, 0.5) is 0 Å². The number of hydrogen-bond donors (Lipinski definition) is 1. The SMILES string of the molecule is COc1ccc(C2=NC(c3ccccc3)N=C(c3ccc(OC)cc3)N2)cc1. The van der Waals surface area contributed by atoms with Crippen molar-refractivity contribution >= 4 is 11.7 Å². The fourth-order valence-electron chi connectivity index (χ4n) is 3.02. The molecule has 1 aliphatic rings. The number of benzene rings is 3. The molecule has 3 aromatic carbocycles. The lowest BCUT2D eigenvalue weighted by atomic mass is 10.1. The Hall–Kier alpha value is -3.60. The minimum Gasteiger partial charge on any atom is -0.497 e. The summed E-state index contributed by atoms with van der Waals surface area (Å²) in [5.74, 6) is 3.17. The molecule has 28 heavy (non-hydrogen) atoms. The predicted octanol–water partition coefficient (Wildman–Crippen LogP) is 4.20. The van der Waals surface area contributed by atoms with Gasteiger partial charge in [-0.05, 0) is 54.1 Å². The maximum Gasteiger partial charge on any atom is 0.169 e. The maximum absolute atomic E-state index is 5.26. The monoisotopic (exact) mass is 371 g/mol. The minimum absolute atomic E-state index is 0.309. The number of rotatable bonds is 5. The van der Waals surface area contributed by atoms with E-state index in [9.17, 15) is 0 Å². The first-order chi connectivity index (χ1) is 13.8. The highest BCUT2D eigenvalue weighted by molar-refractivity contribution is 6.15. The third-order valence-corrected chi connectivity index (χ3v) is 4.56. The Morgan fingerprint density at radius 3 is 1.54 bits per heavy atom. The van der Waals surface area contributed by atoms with E-state index in [1.165, 1.54) is 0 Å². The second kappa shape index (κ2) is 7.96. The van der Waals surface area contributed by atoms with E-state index >= 15 is 0 Å². The molecule has 0 spiro atoms. The van der Waals surface area contributed by atoms with Crippen LogP contribution >= 0.6 is 0 Å². The Bertz CT molecular complexity index is 931. The van der Waals surface area contributed by atoms with Crippen LogP contribution in [0.15, 0.2) is 88.8 Å². The van der Waals surface area contributed by atoms with Gasteiger partial charge in [-0.1, -0.05) is 30.3 Å². The number of aliphatic imine (C=N–C) groups is 2. The molecule has 0 aliphatic carbocycles. The summed E-state index contributed by atoms with van der Waals surface area (Å²) in [6, 6.07) is 25.7. The number of methoxy groups -OCH3 is 2. The first kappa shape index (κ1) is 17.8. The van der Waals surface area contributed by atoms with Gasteiger partial charge >= 0.3 is 0 Å². The number of nitrogens with zero attached hydrogens (tertiary/aromatic N) is 2. The Morgan fingerprint density at radius 2 is 1.11 bits per heavy atom. The van der Waals surface area contributed by atoms with Crippen molar-refractivity contribution in [1.82, 2.24) is 5.32 Å². The van der Waals surface area contributed by atoms with Crippen LogP contribution in [0.5, 0.6) is 11.5 Å². The van der Waals surface area contributed by atoms with Gasteiger partial charge in [0.25, 0.3) is 0 Å². The molecule has 0 saturated carbocycles. The second-order valence-corrected chi connectivity index (χ2v) is 6.32. The highest BCUT2D eigenvalue weighted by Gasteiger charge is 2.20. The van der Waals surface area contributed by atoms with Crippen molar-refractivity contribution in [3.05, 3.63) is 95.6 Å². The minimum atomic E-state index is -0.309. The van der Waals surface area contributed by atoms with Gasteiger partial charge in [0.15, 0.2) is 6.17 Å². The second-order valence-electron chi connectivity index (χ2n) is 6.32. The summed E-state index contributed by atoms with van der Waals surface area (Å²) < 4.78 is 10.5. The normalized spacial score (nSPS) is 13.9. The molecule has 0 bridgehead atoms. The van der Waals surface area contributed by atoms with Crippen LogP contribution in [0.2, 0.25) is 0 Å². The summed E-state index contributed by atoms with van der Waals surface area (Å²) in [5, 5.41) is 3.38. The lowest BCUT2D eigenvalue weighted by Crippen LogP contribution is -2.36. The topological polar surface area (TPSA) is 55.2 Å². The largest absolute Gasteiger partial charge is 0.497 e. The van der Waals surface area contributed by atoms with Crippen LogP contribution < -0.4 is 14.8 Å². The summed E-state index contributed by atoms with van der Waals surface area (Å²) in [6.07, 6.45) is -0.309. The third-order valence-electron chi connectivity index (χ3n) is 4.56. The van der Waals surface area contributed by atoms with Gasteiger partial charge in [-0.25, -0.2) is 9.98 Å². The van der Waals surface area contributed by atoms with Gasteiger partial charge in [-0.3, -0.25) is 0 Å².